The molecule has 1 aliphatic heterocycles. The third kappa shape index (κ3) is 21.6. The van der Waals surface area contributed by atoms with E-state index >= 15 is 0 Å². The Morgan fingerprint density at radius 1 is 0.619 bits per heavy atom. The summed E-state index contributed by atoms with van der Waals surface area (Å²) in [5.41, 5.74) is 0. The maximum Gasteiger partial charge on any atom is 0.502 e. The molecule has 1 saturated heterocycles. The lowest BCUT2D eigenvalue weighted by Crippen LogP contribution is -2.49. The van der Waals surface area contributed by atoms with E-state index in [0.717, 1.165) is 50.4 Å². The molecule has 0 spiro atoms. The minimum absolute atomic E-state index is 0.279. The molecule has 0 amide bonds. The second kappa shape index (κ2) is 25.1. The quantitative estimate of drug-likeness (QED) is 0.0431. The van der Waals surface area contributed by atoms with Crippen molar-refractivity contribution in [3.63, 3.8) is 0 Å². The lowest BCUT2D eigenvalue weighted by Gasteiger charge is -2.34. The monoisotopic (exact) mass is 626 g/mol. The first kappa shape index (κ1) is 39.9. The van der Waals surface area contributed by atoms with Crippen LogP contribution in [0.4, 0.5) is 0 Å². The highest BCUT2D eigenvalue weighted by Gasteiger charge is 2.48. The third-order valence-electron chi connectivity index (χ3n) is 7.58. The van der Waals surface area contributed by atoms with Gasteiger partial charge < -0.3 is 14.4 Å². The topological polar surface area (TPSA) is 111 Å². The number of hydrogen-bond donors (Lipinski definition) is 1. The van der Waals surface area contributed by atoms with Crippen LogP contribution in [0, 0.1) is 11.8 Å². The van der Waals surface area contributed by atoms with Crippen molar-refractivity contribution < 1.29 is 48.1 Å². The number of hydrogen-bond acceptors (Lipinski definition) is 9. The minimum Gasteiger partial charge on any atom is -0.323 e. The summed E-state index contributed by atoms with van der Waals surface area (Å²) in [6.07, 6.45) is 22.6. The summed E-state index contributed by atoms with van der Waals surface area (Å²) >= 11 is 0. The third-order valence-corrected chi connectivity index (χ3v) is 8.41. The molecule has 0 saturated carbocycles. The summed E-state index contributed by atoms with van der Waals surface area (Å²) in [4.78, 5) is 15.1. The Morgan fingerprint density at radius 3 is 1.40 bits per heavy atom. The second-order valence-electron chi connectivity index (χ2n) is 12.6. The van der Waals surface area contributed by atoms with E-state index in [1.165, 1.54) is 96.8 Å². The van der Waals surface area contributed by atoms with Crippen molar-refractivity contribution >= 4 is 7.82 Å². The predicted octanol–water partition coefficient (Wildman–Crippen LogP) is 10.0. The number of unbranched alkanes of at least 4 members (excludes halogenated alkanes) is 16. The van der Waals surface area contributed by atoms with E-state index in [1.54, 1.807) is 0 Å². The SMILES string of the molecule is CC(C)CCCCCCCCCCCOC1(OCCCCCCCCCCCC(C)C)OOOOOP(=O)(O)OC1C. The fourth-order valence-electron chi connectivity index (χ4n) is 5.01. The lowest BCUT2D eigenvalue weighted by atomic mass is 10.0. The Bertz CT molecular complexity index is 632. The molecule has 42 heavy (non-hydrogen) atoms. The zero-order chi connectivity index (χ0) is 30.9. The number of phosphoric acid groups is 1. The molecule has 0 aromatic heterocycles. The van der Waals surface area contributed by atoms with Gasteiger partial charge in [-0.15, -0.1) is 4.89 Å². The van der Waals surface area contributed by atoms with Crippen molar-refractivity contribution in [2.24, 2.45) is 11.8 Å². The Labute approximate surface area is 256 Å². The van der Waals surface area contributed by atoms with Gasteiger partial charge in [-0.3, -0.25) is 4.52 Å². The van der Waals surface area contributed by atoms with Crippen LogP contribution in [0.15, 0.2) is 0 Å². The van der Waals surface area contributed by atoms with Crippen molar-refractivity contribution in [2.75, 3.05) is 13.2 Å². The Morgan fingerprint density at radius 2 is 1.00 bits per heavy atom. The fraction of sp³-hybridized carbons (Fsp3) is 1.00. The summed E-state index contributed by atoms with van der Waals surface area (Å²) in [7, 11) is -4.63. The largest absolute Gasteiger partial charge is 0.502 e. The first-order valence-corrected chi connectivity index (χ1v) is 18.3. The van der Waals surface area contributed by atoms with Crippen LogP contribution in [-0.2, 0) is 43.2 Å². The van der Waals surface area contributed by atoms with Gasteiger partial charge >= 0.3 is 13.8 Å². The normalized spacial score (nSPS) is 21.5. The van der Waals surface area contributed by atoms with Crippen LogP contribution in [-0.4, -0.2) is 30.2 Å². The Balaban J connectivity index is 2.35. The fourth-order valence-corrected chi connectivity index (χ4v) is 5.68. The summed E-state index contributed by atoms with van der Waals surface area (Å²) < 4.78 is 33.4. The van der Waals surface area contributed by atoms with Crippen molar-refractivity contribution in [3.8, 4) is 0 Å². The first-order chi connectivity index (χ1) is 20.2. The molecule has 11 heteroatoms. The Kier molecular flexibility index (Phi) is 23.8. The molecule has 0 aliphatic carbocycles. The van der Waals surface area contributed by atoms with Gasteiger partial charge in [0.2, 0.25) is 0 Å². The van der Waals surface area contributed by atoms with E-state index in [4.69, 9.17) is 18.9 Å². The molecule has 1 rings (SSSR count). The van der Waals surface area contributed by atoms with Gasteiger partial charge in [0.25, 0.3) is 0 Å². The number of ether oxygens (including phenoxy) is 2. The van der Waals surface area contributed by atoms with Crippen LogP contribution in [0.1, 0.15) is 163 Å². The molecule has 0 aromatic rings. The van der Waals surface area contributed by atoms with Crippen molar-refractivity contribution in [1.29, 1.82) is 0 Å². The zero-order valence-corrected chi connectivity index (χ0v) is 28.3. The van der Waals surface area contributed by atoms with Gasteiger partial charge in [-0.05, 0) is 46.7 Å². The van der Waals surface area contributed by atoms with Crippen LogP contribution in [0.2, 0.25) is 0 Å². The van der Waals surface area contributed by atoms with E-state index in [0.29, 0.717) is 0 Å². The molecule has 1 N–H and O–H groups in total. The van der Waals surface area contributed by atoms with Gasteiger partial charge in [0.05, 0.1) is 13.2 Å². The highest BCUT2D eigenvalue weighted by molar-refractivity contribution is 7.47. The first-order valence-electron chi connectivity index (χ1n) is 16.8. The molecule has 0 aromatic carbocycles. The van der Waals surface area contributed by atoms with Crippen molar-refractivity contribution in [2.45, 2.75) is 175 Å². The zero-order valence-electron chi connectivity index (χ0n) is 27.4. The predicted molar refractivity (Wildman–Crippen MR) is 162 cm³/mol. The summed E-state index contributed by atoms with van der Waals surface area (Å²) in [5, 5.41) is 12.8. The minimum atomic E-state index is -4.63. The van der Waals surface area contributed by atoms with E-state index in [2.05, 4.69) is 47.5 Å². The average Bonchev–Trinajstić information content (AvgIpc) is 2.97. The maximum atomic E-state index is 12.1. The summed E-state index contributed by atoms with van der Waals surface area (Å²) in [5.74, 6) is -0.334. The van der Waals surface area contributed by atoms with Gasteiger partial charge in [0.1, 0.15) is 0 Å². The molecular formula is C31H63O10P. The standard InChI is InChI=1S/C31H63O10P/c1-28(2)24-20-16-12-8-6-10-14-18-22-26-34-31(30(5)36-42(32,33)41-40-39-38-37-31)35-27-23-19-15-11-7-9-13-17-21-25-29(3)4/h28-30H,6-27H2,1-5H3,(H,32,33). The van der Waals surface area contributed by atoms with Crippen molar-refractivity contribution in [1.82, 2.24) is 0 Å². The molecule has 1 fully saturated rings. The molecule has 252 valence electrons. The smallest absolute Gasteiger partial charge is 0.323 e. The average molecular weight is 627 g/mol. The number of rotatable bonds is 26. The molecule has 1 heterocycles. The van der Waals surface area contributed by atoms with Crippen LogP contribution in [0.3, 0.4) is 0 Å². The van der Waals surface area contributed by atoms with E-state index in [-0.39, 0.29) is 13.2 Å². The van der Waals surface area contributed by atoms with Gasteiger partial charge in [0.15, 0.2) is 6.10 Å². The van der Waals surface area contributed by atoms with Crippen molar-refractivity contribution in [3.05, 3.63) is 0 Å². The Hall–Kier alpha value is -0.130. The van der Waals surface area contributed by atoms with Crippen LogP contribution in [0.25, 0.3) is 0 Å². The molecular weight excluding hydrogens is 563 g/mol. The van der Waals surface area contributed by atoms with Crippen LogP contribution < -0.4 is 0 Å². The molecule has 0 radical (unpaired) electrons. The van der Waals surface area contributed by atoms with Gasteiger partial charge in [-0.2, -0.15) is 0 Å². The summed E-state index contributed by atoms with van der Waals surface area (Å²) in [6, 6.07) is 0. The summed E-state index contributed by atoms with van der Waals surface area (Å²) in [6.45, 7) is 11.2. The maximum absolute atomic E-state index is 12.1. The van der Waals surface area contributed by atoms with Crippen LogP contribution >= 0.6 is 7.82 Å². The molecule has 0 bridgehead atoms. The van der Waals surface area contributed by atoms with E-state index in [1.807, 2.05) is 0 Å². The van der Waals surface area contributed by atoms with Gasteiger partial charge in [-0.25, -0.2) is 4.57 Å². The molecule has 2 unspecified atom stereocenters. The highest BCUT2D eigenvalue weighted by atomic mass is 31.2. The van der Waals surface area contributed by atoms with E-state index in [9.17, 15) is 9.46 Å². The highest BCUT2D eigenvalue weighted by Crippen LogP contribution is 2.48. The molecule has 2 atom stereocenters. The van der Waals surface area contributed by atoms with Gasteiger partial charge in [-0.1, -0.05) is 148 Å². The number of phosphoric ester groups is 1. The second-order valence-corrected chi connectivity index (χ2v) is 13.9. The van der Waals surface area contributed by atoms with Gasteiger partial charge in [0, 0.05) is 0 Å². The lowest BCUT2D eigenvalue weighted by molar-refractivity contribution is -0.726. The molecule has 10 nitrogen and oxygen atoms in total. The van der Waals surface area contributed by atoms with Crippen LogP contribution in [0.5, 0.6) is 0 Å². The molecule has 1 aliphatic rings. The van der Waals surface area contributed by atoms with E-state index < -0.39 is 19.9 Å².